The van der Waals surface area contributed by atoms with Gasteiger partial charge in [0.05, 0.1) is 0 Å². The molecule has 0 bridgehead atoms. The van der Waals surface area contributed by atoms with E-state index in [-0.39, 0.29) is 6.54 Å². The minimum absolute atomic E-state index is 0.209. The first kappa shape index (κ1) is 10.7. The fourth-order valence-corrected chi connectivity index (χ4v) is 1.74. The zero-order chi connectivity index (χ0) is 11.6. The molecule has 2 rings (SSSR count). The number of tetrazole rings is 1. The van der Waals surface area contributed by atoms with Crippen molar-refractivity contribution in [1.29, 1.82) is 0 Å². The van der Waals surface area contributed by atoms with Gasteiger partial charge < -0.3 is 0 Å². The summed E-state index contributed by atoms with van der Waals surface area (Å²) in [5.74, 6) is 0. The molecule has 1 N–H and O–H groups in total. The van der Waals surface area contributed by atoms with Gasteiger partial charge in [-0.3, -0.25) is 4.55 Å². The Morgan fingerprint density at radius 2 is 2.00 bits per heavy atom. The van der Waals surface area contributed by atoms with Gasteiger partial charge in [-0.1, -0.05) is 30.3 Å². The third-order valence-corrected chi connectivity index (χ3v) is 2.69. The van der Waals surface area contributed by atoms with Crippen LogP contribution in [0.15, 0.2) is 36.7 Å². The summed E-state index contributed by atoms with van der Waals surface area (Å²) in [6.45, 7) is 0.209. The standard InChI is InChI=1S/C8H8N4O3S/c13-16(14,15)12-7-9-10-11(12)6-8-4-2-1-3-5-8/h1-5,7H,6H2/p+1. The molecule has 0 atom stereocenters. The Hall–Kier alpha value is -1.80. The monoisotopic (exact) mass is 241 g/mol. The van der Waals surface area contributed by atoms with Crippen LogP contribution in [0.1, 0.15) is 5.56 Å². The molecule has 16 heavy (non-hydrogen) atoms. The molecule has 2 aromatic rings. The van der Waals surface area contributed by atoms with Crippen molar-refractivity contribution in [2.24, 2.45) is 0 Å². The van der Waals surface area contributed by atoms with Crippen molar-refractivity contribution >= 4 is 10.3 Å². The van der Waals surface area contributed by atoms with E-state index >= 15 is 0 Å². The van der Waals surface area contributed by atoms with Crippen molar-refractivity contribution in [1.82, 2.24) is 15.1 Å². The molecule has 0 aliphatic carbocycles. The van der Waals surface area contributed by atoms with Crippen molar-refractivity contribution in [3.05, 3.63) is 42.2 Å². The maximum atomic E-state index is 10.9. The molecule has 0 saturated carbocycles. The van der Waals surface area contributed by atoms with E-state index in [9.17, 15) is 8.42 Å². The maximum Gasteiger partial charge on any atom is 0.433 e. The first-order chi connectivity index (χ1) is 7.57. The number of hydrogen-bond acceptors (Lipinski definition) is 4. The van der Waals surface area contributed by atoms with Crippen LogP contribution < -0.4 is 4.09 Å². The van der Waals surface area contributed by atoms with E-state index in [1.54, 1.807) is 0 Å². The molecule has 7 nitrogen and oxygen atoms in total. The Bertz CT molecular complexity index is 578. The van der Waals surface area contributed by atoms with Crippen LogP contribution in [0, 0.1) is 0 Å². The van der Waals surface area contributed by atoms with E-state index < -0.39 is 10.3 Å². The smallest absolute Gasteiger partial charge is 0.256 e. The lowest BCUT2D eigenvalue weighted by Gasteiger charge is -1.99. The molecule has 1 aromatic carbocycles. The number of aromatic nitrogens is 4. The van der Waals surface area contributed by atoms with E-state index in [2.05, 4.69) is 10.3 Å². The van der Waals surface area contributed by atoms with E-state index in [0.29, 0.717) is 4.09 Å². The predicted molar refractivity (Wildman–Crippen MR) is 52.7 cm³/mol. The highest BCUT2D eigenvalue weighted by molar-refractivity contribution is 7.78. The predicted octanol–water partition coefficient (Wildman–Crippen LogP) is -0.735. The summed E-state index contributed by atoms with van der Waals surface area (Å²) in [5, 5.41) is 6.99. The Morgan fingerprint density at radius 3 is 2.62 bits per heavy atom. The van der Waals surface area contributed by atoms with Gasteiger partial charge in [0.2, 0.25) is 0 Å². The number of benzene rings is 1. The average molecular weight is 241 g/mol. The maximum absolute atomic E-state index is 10.9. The fraction of sp³-hybridized carbons (Fsp3) is 0.125. The van der Waals surface area contributed by atoms with Gasteiger partial charge in [-0.25, -0.2) is 0 Å². The summed E-state index contributed by atoms with van der Waals surface area (Å²) < 4.78 is 31.3. The summed E-state index contributed by atoms with van der Waals surface area (Å²) in [5.41, 5.74) is 0.852. The summed E-state index contributed by atoms with van der Waals surface area (Å²) in [7, 11) is -4.36. The van der Waals surface area contributed by atoms with E-state index in [4.69, 9.17) is 4.55 Å². The molecule has 0 aliphatic heterocycles. The van der Waals surface area contributed by atoms with Crippen LogP contribution in [-0.4, -0.2) is 28.1 Å². The second-order valence-electron chi connectivity index (χ2n) is 3.09. The zero-order valence-electron chi connectivity index (χ0n) is 8.13. The molecule has 0 amide bonds. The summed E-state index contributed by atoms with van der Waals surface area (Å²) >= 11 is 0. The van der Waals surface area contributed by atoms with Crippen molar-refractivity contribution in [2.45, 2.75) is 6.54 Å². The van der Waals surface area contributed by atoms with Gasteiger partial charge in [-0.05, 0) is 14.4 Å². The first-order valence-corrected chi connectivity index (χ1v) is 5.79. The van der Waals surface area contributed by atoms with Crippen molar-refractivity contribution in [3.8, 4) is 0 Å². The summed E-state index contributed by atoms with van der Waals surface area (Å²) in [4.78, 5) is 1.05. The Kier molecular flexibility index (Phi) is 2.67. The van der Waals surface area contributed by atoms with Crippen LogP contribution in [0.4, 0.5) is 0 Å². The molecular weight excluding hydrogens is 232 g/mol. The van der Waals surface area contributed by atoms with Crippen molar-refractivity contribution < 1.29 is 17.1 Å². The lowest BCUT2D eigenvalue weighted by atomic mass is 10.2. The molecule has 8 heteroatoms. The summed E-state index contributed by atoms with van der Waals surface area (Å²) in [6, 6.07) is 9.13. The van der Waals surface area contributed by atoms with Crippen LogP contribution >= 0.6 is 0 Å². The normalized spacial score (nSPS) is 11.6. The zero-order valence-corrected chi connectivity index (χ0v) is 8.95. The molecule has 0 unspecified atom stereocenters. The SMILES string of the molecule is O=S(=O)(O)[n+]1cnnn1Cc1ccccc1. The number of hydrogen-bond donors (Lipinski definition) is 1. The Balaban J connectivity index is 2.34. The molecule has 0 fully saturated rings. The second-order valence-corrected chi connectivity index (χ2v) is 4.36. The topological polar surface area (TPSA) is 89.0 Å². The minimum Gasteiger partial charge on any atom is -0.256 e. The van der Waals surface area contributed by atoms with Gasteiger partial charge in [0.25, 0.3) is 0 Å². The third kappa shape index (κ3) is 2.23. The highest BCUT2D eigenvalue weighted by atomic mass is 32.2. The molecule has 1 aromatic heterocycles. The molecule has 84 valence electrons. The Labute approximate surface area is 91.8 Å². The van der Waals surface area contributed by atoms with Crippen LogP contribution in [0.25, 0.3) is 0 Å². The third-order valence-electron chi connectivity index (χ3n) is 1.94. The van der Waals surface area contributed by atoms with E-state index in [0.717, 1.165) is 16.7 Å². The van der Waals surface area contributed by atoms with E-state index in [1.807, 2.05) is 30.3 Å². The quantitative estimate of drug-likeness (QED) is 0.565. The van der Waals surface area contributed by atoms with Crippen LogP contribution in [0.5, 0.6) is 0 Å². The van der Waals surface area contributed by atoms with Gasteiger partial charge >= 0.3 is 16.6 Å². The van der Waals surface area contributed by atoms with Gasteiger partial charge in [0, 0.05) is 0 Å². The highest BCUT2D eigenvalue weighted by Crippen LogP contribution is 1.98. The van der Waals surface area contributed by atoms with Crippen LogP contribution in [0.3, 0.4) is 0 Å². The molecule has 0 aliphatic rings. The fourth-order valence-electron chi connectivity index (χ4n) is 1.25. The van der Waals surface area contributed by atoms with Crippen LogP contribution in [0.2, 0.25) is 0 Å². The van der Waals surface area contributed by atoms with E-state index in [1.165, 1.54) is 0 Å². The van der Waals surface area contributed by atoms with Gasteiger partial charge in [-0.2, -0.15) is 8.42 Å². The lowest BCUT2D eigenvalue weighted by Crippen LogP contribution is -2.50. The molecule has 0 spiro atoms. The highest BCUT2D eigenvalue weighted by Gasteiger charge is 2.21. The number of nitrogens with zero attached hydrogens (tertiary/aromatic N) is 4. The van der Waals surface area contributed by atoms with Gasteiger partial charge in [-0.15, -0.1) is 0 Å². The Morgan fingerprint density at radius 1 is 1.31 bits per heavy atom. The number of rotatable bonds is 3. The van der Waals surface area contributed by atoms with Crippen molar-refractivity contribution in [3.63, 3.8) is 0 Å². The van der Waals surface area contributed by atoms with Crippen LogP contribution in [-0.2, 0) is 16.8 Å². The first-order valence-electron chi connectivity index (χ1n) is 4.40. The largest absolute Gasteiger partial charge is 0.433 e. The molecule has 0 saturated heterocycles. The molecular formula is C8H9N4O3S+. The average Bonchev–Trinajstić information content (AvgIpc) is 2.67. The molecule has 0 radical (unpaired) electrons. The van der Waals surface area contributed by atoms with Crippen molar-refractivity contribution in [2.75, 3.05) is 0 Å². The molecule has 1 heterocycles. The van der Waals surface area contributed by atoms with Gasteiger partial charge in [0.1, 0.15) is 11.6 Å². The van der Waals surface area contributed by atoms with Gasteiger partial charge in [0.15, 0.2) is 5.21 Å². The minimum atomic E-state index is -4.36. The second kappa shape index (κ2) is 3.99. The summed E-state index contributed by atoms with van der Waals surface area (Å²) in [6.07, 6.45) is 0.929. The lowest BCUT2D eigenvalue weighted by molar-refractivity contribution is -0.620.